The first-order valence-corrected chi connectivity index (χ1v) is 7.58. The Morgan fingerprint density at radius 3 is 2.43 bits per heavy atom. The van der Waals surface area contributed by atoms with Crippen LogP contribution in [0.15, 0.2) is 18.2 Å². The number of carboxylic acid groups (broad SMARTS) is 1. The molecule has 0 aliphatic carbocycles. The van der Waals surface area contributed by atoms with Crippen molar-refractivity contribution in [2.45, 2.75) is 39.7 Å². The molecule has 0 aliphatic heterocycles. The van der Waals surface area contributed by atoms with Crippen LogP contribution in [0, 0.1) is 5.92 Å². The predicted molar refractivity (Wildman–Crippen MR) is 87.1 cm³/mol. The van der Waals surface area contributed by atoms with Gasteiger partial charge in [0.15, 0.2) is 11.5 Å². The maximum absolute atomic E-state index is 12.5. The molecule has 0 heterocycles. The lowest BCUT2D eigenvalue weighted by Crippen LogP contribution is -2.51. The molecule has 1 aromatic carbocycles. The minimum atomic E-state index is -0.953. The lowest BCUT2D eigenvalue weighted by Gasteiger charge is -2.33. The number of carbonyl (C=O) groups is 2. The van der Waals surface area contributed by atoms with Crippen molar-refractivity contribution in [2.75, 3.05) is 13.7 Å². The van der Waals surface area contributed by atoms with Gasteiger partial charge in [-0.3, -0.25) is 9.59 Å². The molecule has 1 aromatic rings. The molecule has 0 aromatic heterocycles. The van der Waals surface area contributed by atoms with Crippen molar-refractivity contribution < 1.29 is 24.2 Å². The van der Waals surface area contributed by atoms with E-state index in [1.807, 2.05) is 20.8 Å². The van der Waals surface area contributed by atoms with E-state index in [4.69, 9.17) is 14.6 Å². The minimum Gasteiger partial charge on any atom is -0.493 e. The van der Waals surface area contributed by atoms with E-state index in [0.29, 0.717) is 23.7 Å². The fourth-order valence-electron chi connectivity index (χ4n) is 2.12. The molecular formula is C17H25NO5. The molecule has 1 atom stereocenters. The van der Waals surface area contributed by atoms with E-state index < -0.39 is 11.5 Å². The van der Waals surface area contributed by atoms with Crippen LogP contribution in [0.5, 0.6) is 11.5 Å². The van der Waals surface area contributed by atoms with Gasteiger partial charge in [0.1, 0.15) is 0 Å². The third-order valence-corrected chi connectivity index (χ3v) is 3.92. The van der Waals surface area contributed by atoms with E-state index in [1.165, 1.54) is 7.11 Å². The van der Waals surface area contributed by atoms with Gasteiger partial charge in [-0.1, -0.05) is 13.8 Å². The Hall–Kier alpha value is -2.24. The van der Waals surface area contributed by atoms with Crippen molar-refractivity contribution in [3.63, 3.8) is 0 Å². The smallest absolute Gasteiger partial charge is 0.305 e. The maximum Gasteiger partial charge on any atom is 0.305 e. The summed E-state index contributed by atoms with van der Waals surface area (Å²) in [6, 6.07) is 4.88. The lowest BCUT2D eigenvalue weighted by atomic mass is 9.85. The Morgan fingerprint density at radius 1 is 1.30 bits per heavy atom. The zero-order valence-corrected chi connectivity index (χ0v) is 14.3. The predicted octanol–water partition coefficient (Wildman–Crippen LogP) is 2.71. The molecule has 6 nitrogen and oxygen atoms in total. The molecule has 1 unspecified atom stereocenters. The van der Waals surface area contributed by atoms with Gasteiger partial charge in [-0.15, -0.1) is 0 Å². The van der Waals surface area contributed by atoms with Gasteiger partial charge in [0, 0.05) is 5.56 Å². The number of benzene rings is 1. The Balaban J connectivity index is 3.02. The van der Waals surface area contributed by atoms with E-state index >= 15 is 0 Å². The van der Waals surface area contributed by atoms with Crippen LogP contribution in [0.4, 0.5) is 0 Å². The largest absolute Gasteiger partial charge is 0.493 e. The summed E-state index contributed by atoms with van der Waals surface area (Å²) in [6.45, 7) is 7.84. The average molecular weight is 323 g/mol. The highest BCUT2D eigenvalue weighted by Gasteiger charge is 2.33. The topological polar surface area (TPSA) is 84.9 Å². The first-order valence-electron chi connectivity index (χ1n) is 7.58. The fraction of sp³-hybridized carbons (Fsp3) is 0.529. The molecule has 0 fully saturated rings. The summed E-state index contributed by atoms with van der Waals surface area (Å²) < 4.78 is 10.7. The highest BCUT2D eigenvalue weighted by molar-refractivity contribution is 5.95. The van der Waals surface area contributed by atoms with Crippen molar-refractivity contribution in [2.24, 2.45) is 5.92 Å². The van der Waals surface area contributed by atoms with E-state index in [2.05, 4.69) is 5.32 Å². The summed E-state index contributed by atoms with van der Waals surface area (Å²) in [5.74, 6) is -0.311. The number of amides is 1. The lowest BCUT2D eigenvalue weighted by molar-refractivity contribution is -0.138. The molecule has 0 saturated heterocycles. The van der Waals surface area contributed by atoms with Crippen LogP contribution in [0.2, 0.25) is 0 Å². The number of hydrogen-bond donors (Lipinski definition) is 2. The molecule has 2 N–H and O–H groups in total. The third kappa shape index (κ3) is 4.87. The first-order chi connectivity index (χ1) is 10.7. The number of nitrogens with one attached hydrogen (secondary N) is 1. The van der Waals surface area contributed by atoms with Crippen LogP contribution in [0.25, 0.3) is 0 Å². The SMILES string of the molecule is CCOc1ccc(C(=O)NC(C)(CC(=O)O)C(C)C)cc1OC. The number of ether oxygens (including phenoxy) is 2. The van der Waals surface area contributed by atoms with E-state index in [0.717, 1.165) is 0 Å². The van der Waals surface area contributed by atoms with Crippen LogP contribution >= 0.6 is 0 Å². The van der Waals surface area contributed by atoms with Crippen LogP contribution < -0.4 is 14.8 Å². The molecule has 0 spiro atoms. The summed E-state index contributed by atoms with van der Waals surface area (Å²) in [4.78, 5) is 23.5. The van der Waals surface area contributed by atoms with Gasteiger partial charge in [0.2, 0.25) is 0 Å². The van der Waals surface area contributed by atoms with Gasteiger partial charge in [-0.2, -0.15) is 0 Å². The van der Waals surface area contributed by atoms with Gasteiger partial charge < -0.3 is 19.9 Å². The second-order valence-electron chi connectivity index (χ2n) is 5.90. The first kappa shape index (κ1) is 18.8. The van der Waals surface area contributed by atoms with Gasteiger partial charge in [0.25, 0.3) is 5.91 Å². The summed E-state index contributed by atoms with van der Waals surface area (Å²) in [7, 11) is 1.50. The Labute approximate surface area is 136 Å². The van der Waals surface area contributed by atoms with Gasteiger partial charge in [-0.25, -0.2) is 0 Å². The molecule has 6 heteroatoms. The molecule has 0 radical (unpaired) electrons. The average Bonchev–Trinajstić information content (AvgIpc) is 2.46. The van der Waals surface area contributed by atoms with Crippen LogP contribution in [0.3, 0.4) is 0 Å². The number of methoxy groups -OCH3 is 1. The van der Waals surface area contributed by atoms with Gasteiger partial charge >= 0.3 is 5.97 Å². The second-order valence-corrected chi connectivity index (χ2v) is 5.90. The molecule has 128 valence electrons. The third-order valence-electron chi connectivity index (χ3n) is 3.92. The molecule has 1 amide bonds. The van der Waals surface area contributed by atoms with E-state index in [9.17, 15) is 9.59 Å². The van der Waals surface area contributed by atoms with Gasteiger partial charge in [0.05, 0.1) is 25.7 Å². The molecule has 0 bridgehead atoms. The van der Waals surface area contributed by atoms with Crippen molar-refractivity contribution >= 4 is 11.9 Å². The van der Waals surface area contributed by atoms with Crippen LogP contribution in [-0.2, 0) is 4.79 Å². The highest BCUT2D eigenvalue weighted by Crippen LogP contribution is 2.29. The molecular weight excluding hydrogens is 298 g/mol. The highest BCUT2D eigenvalue weighted by atomic mass is 16.5. The van der Waals surface area contributed by atoms with Gasteiger partial charge in [-0.05, 0) is 38.0 Å². The van der Waals surface area contributed by atoms with Crippen LogP contribution in [0.1, 0.15) is 44.5 Å². The standard InChI is InChI=1S/C17H25NO5/c1-6-23-13-8-7-12(9-14(13)22-5)16(21)18-17(4,11(2)3)10-15(19)20/h7-9,11H,6,10H2,1-5H3,(H,18,21)(H,19,20). The summed E-state index contributed by atoms with van der Waals surface area (Å²) in [6.07, 6.45) is -0.148. The number of hydrogen-bond acceptors (Lipinski definition) is 4. The zero-order chi connectivity index (χ0) is 17.6. The summed E-state index contributed by atoms with van der Waals surface area (Å²) in [5.41, 5.74) is -0.447. The Kier molecular flexibility index (Phi) is 6.42. The number of carbonyl (C=O) groups excluding carboxylic acids is 1. The number of aliphatic carboxylic acids is 1. The minimum absolute atomic E-state index is 0.0351. The normalized spacial score (nSPS) is 13.3. The van der Waals surface area contributed by atoms with Crippen molar-refractivity contribution in [1.29, 1.82) is 0 Å². The Bertz CT molecular complexity index is 570. The van der Waals surface area contributed by atoms with E-state index in [-0.39, 0.29) is 18.2 Å². The molecule has 23 heavy (non-hydrogen) atoms. The second kappa shape index (κ2) is 7.85. The Morgan fingerprint density at radius 2 is 1.96 bits per heavy atom. The van der Waals surface area contributed by atoms with E-state index in [1.54, 1.807) is 25.1 Å². The van der Waals surface area contributed by atoms with Crippen molar-refractivity contribution in [3.05, 3.63) is 23.8 Å². The fourth-order valence-corrected chi connectivity index (χ4v) is 2.12. The zero-order valence-electron chi connectivity index (χ0n) is 14.3. The quantitative estimate of drug-likeness (QED) is 0.768. The van der Waals surface area contributed by atoms with Crippen LogP contribution in [-0.4, -0.2) is 36.2 Å². The summed E-state index contributed by atoms with van der Waals surface area (Å²) >= 11 is 0. The summed E-state index contributed by atoms with van der Waals surface area (Å²) in [5, 5.41) is 11.9. The number of rotatable bonds is 8. The number of carboxylic acids is 1. The van der Waals surface area contributed by atoms with Crippen molar-refractivity contribution in [1.82, 2.24) is 5.32 Å². The van der Waals surface area contributed by atoms with Crippen molar-refractivity contribution in [3.8, 4) is 11.5 Å². The maximum atomic E-state index is 12.5. The molecule has 1 rings (SSSR count). The monoisotopic (exact) mass is 323 g/mol. The molecule has 0 saturated carbocycles. The molecule has 0 aliphatic rings.